The fourth-order valence-corrected chi connectivity index (χ4v) is 3.16. The summed E-state index contributed by atoms with van der Waals surface area (Å²) in [5, 5.41) is 0. The van der Waals surface area contributed by atoms with Crippen LogP contribution in [0.2, 0.25) is 0 Å². The molecule has 92 valence electrons. The van der Waals surface area contributed by atoms with E-state index in [0.29, 0.717) is 4.83 Å². The van der Waals surface area contributed by atoms with E-state index >= 15 is 0 Å². The largest absolute Gasteiger partial charge is 0.457 e. The molecule has 1 aliphatic rings. The summed E-state index contributed by atoms with van der Waals surface area (Å²) >= 11 is 3.75. The molecular formula is C16H15BrO. The Morgan fingerprint density at radius 3 is 2.67 bits per heavy atom. The van der Waals surface area contributed by atoms with E-state index in [4.69, 9.17) is 4.74 Å². The topological polar surface area (TPSA) is 9.23 Å². The first kappa shape index (κ1) is 11.8. The van der Waals surface area contributed by atoms with Crippen molar-refractivity contribution in [3.8, 4) is 11.5 Å². The van der Waals surface area contributed by atoms with E-state index in [9.17, 15) is 0 Å². The van der Waals surface area contributed by atoms with Crippen LogP contribution in [0.15, 0.2) is 48.5 Å². The van der Waals surface area contributed by atoms with Crippen LogP contribution < -0.4 is 4.74 Å². The Labute approximate surface area is 116 Å². The van der Waals surface area contributed by atoms with Gasteiger partial charge in [0.25, 0.3) is 0 Å². The molecule has 2 heteroatoms. The molecule has 0 aliphatic heterocycles. The van der Waals surface area contributed by atoms with E-state index in [1.165, 1.54) is 30.4 Å². The number of alkyl halides is 1. The smallest absolute Gasteiger partial charge is 0.127 e. The molecule has 1 nitrogen and oxygen atoms in total. The first-order chi connectivity index (χ1) is 8.83. The highest BCUT2D eigenvalue weighted by Crippen LogP contribution is 2.38. The number of hydrogen-bond donors (Lipinski definition) is 0. The maximum absolute atomic E-state index is 5.87. The highest BCUT2D eigenvalue weighted by atomic mass is 79.9. The zero-order chi connectivity index (χ0) is 12.4. The van der Waals surface area contributed by atoms with Gasteiger partial charge >= 0.3 is 0 Å². The van der Waals surface area contributed by atoms with Crippen molar-refractivity contribution in [1.82, 2.24) is 0 Å². The Bertz CT molecular complexity index is 536. The van der Waals surface area contributed by atoms with Gasteiger partial charge in [-0.15, -0.1) is 0 Å². The van der Waals surface area contributed by atoms with E-state index < -0.39 is 0 Å². The predicted molar refractivity (Wildman–Crippen MR) is 77.6 cm³/mol. The van der Waals surface area contributed by atoms with Crippen molar-refractivity contribution in [2.45, 2.75) is 24.1 Å². The summed E-state index contributed by atoms with van der Waals surface area (Å²) < 4.78 is 5.87. The molecule has 0 radical (unpaired) electrons. The summed E-state index contributed by atoms with van der Waals surface area (Å²) in [5.74, 6) is 1.81. The van der Waals surface area contributed by atoms with Gasteiger partial charge in [0.2, 0.25) is 0 Å². The number of rotatable bonds is 2. The van der Waals surface area contributed by atoms with Crippen molar-refractivity contribution in [3.05, 3.63) is 59.7 Å². The van der Waals surface area contributed by atoms with Crippen LogP contribution in [-0.4, -0.2) is 0 Å². The number of fused-ring (bicyclic) bond motifs is 1. The molecule has 0 amide bonds. The van der Waals surface area contributed by atoms with Crippen LogP contribution in [-0.2, 0) is 6.42 Å². The van der Waals surface area contributed by atoms with Gasteiger partial charge in [-0.25, -0.2) is 0 Å². The lowest BCUT2D eigenvalue weighted by Gasteiger charge is -2.21. The molecule has 1 atom stereocenters. The first-order valence-electron chi connectivity index (χ1n) is 6.33. The average molecular weight is 303 g/mol. The quantitative estimate of drug-likeness (QED) is 0.688. The second kappa shape index (κ2) is 5.15. The van der Waals surface area contributed by atoms with Crippen molar-refractivity contribution >= 4 is 15.9 Å². The number of aryl methyl sites for hydroxylation is 1. The third-order valence-electron chi connectivity index (χ3n) is 3.34. The molecule has 1 unspecified atom stereocenters. The Hall–Kier alpha value is -1.28. The summed E-state index contributed by atoms with van der Waals surface area (Å²) in [6.07, 6.45) is 3.66. The maximum atomic E-state index is 5.87. The standard InChI is InChI=1S/C16H15BrO/c17-16-8-4-5-12-9-10-14(11-15(12)16)18-13-6-2-1-3-7-13/h1-3,6-7,9-11,16H,4-5,8H2. The zero-order valence-corrected chi connectivity index (χ0v) is 11.7. The van der Waals surface area contributed by atoms with Gasteiger partial charge in [-0.05, 0) is 54.7 Å². The van der Waals surface area contributed by atoms with Gasteiger partial charge in [0.05, 0.1) is 0 Å². The number of hydrogen-bond acceptors (Lipinski definition) is 1. The van der Waals surface area contributed by atoms with E-state index in [1.54, 1.807) is 0 Å². The molecule has 0 fully saturated rings. The first-order valence-corrected chi connectivity index (χ1v) is 7.24. The van der Waals surface area contributed by atoms with Gasteiger partial charge in [0.15, 0.2) is 0 Å². The van der Waals surface area contributed by atoms with Crippen molar-refractivity contribution in [1.29, 1.82) is 0 Å². The number of ether oxygens (including phenoxy) is 1. The second-order valence-electron chi connectivity index (χ2n) is 4.64. The molecule has 3 rings (SSSR count). The molecule has 0 heterocycles. The lowest BCUT2D eigenvalue weighted by molar-refractivity contribution is 0.480. The molecule has 2 aromatic carbocycles. The van der Waals surface area contributed by atoms with E-state index in [-0.39, 0.29) is 0 Å². The molecule has 0 saturated heterocycles. The summed E-state index contributed by atoms with van der Waals surface area (Å²) in [6, 6.07) is 16.4. The van der Waals surface area contributed by atoms with Gasteiger partial charge in [-0.1, -0.05) is 40.2 Å². The van der Waals surface area contributed by atoms with Crippen LogP contribution >= 0.6 is 15.9 Å². The highest BCUT2D eigenvalue weighted by Gasteiger charge is 2.18. The van der Waals surface area contributed by atoms with Crippen molar-refractivity contribution < 1.29 is 4.74 Å². The van der Waals surface area contributed by atoms with Gasteiger partial charge in [0.1, 0.15) is 11.5 Å². The van der Waals surface area contributed by atoms with Crippen LogP contribution in [0.5, 0.6) is 11.5 Å². The van der Waals surface area contributed by atoms with Crippen molar-refractivity contribution in [3.63, 3.8) is 0 Å². The summed E-state index contributed by atoms with van der Waals surface area (Å²) in [4.78, 5) is 0.473. The SMILES string of the molecule is BrC1CCCc2ccc(Oc3ccccc3)cc21. The monoisotopic (exact) mass is 302 g/mol. The van der Waals surface area contributed by atoms with Gasteiger partial charge in [-0.3, -0.25) is 0 Å². The molecule has 0 N–H and O–H groups in total. The van der Waals surface area contributed by atoms with Crippen molar-refractivity contribution in [2.75, 3.05) is 0 Å². The Balaban J connectivity index is 1.88. The van der Waals surface area contributed by atoms with E-state index in [0.717, 1.165) is 11.5 Å². The maximum Gasteiger partial charge on any atom is 0.127 e. The molecule has 0 bridgehead atoms. The average Bonchev–Trinajstić information content (AvgIpc) is 2.41. The number of halogens is 1. The molecule has 2 aromatic rings. The molecule has 0 saturated carbocycles. The van der Waals surface area contributed by atoms with Crippen LogP contribution in [0.1, 0.15) is 28.8 Å². The van der Waals surface area contributed by atoms with Crippen LogP contribution in [0.25, 0.3) is 0 Å². The van der Waals surface area contributed by atoms with Crippen LogP contribution in [0.4, 0.5) is 0 Å². The highest BCUT2D eigenvalue weighted by molar-refractivity contribution is 9.09. The fraction of sp³-hybridized carbons (Fsp3) is 0.250. The molecule has 0 aromatic heterocycles. The minimum atomic E-state index is 0.473. The zero-order valence-electron chi connectivity index (χ0n) is 10.1. The molecule has 1 aliphatic carbocycles. The fourth-order valence-electron chi connectivity index (χ4n) is 2.41. The minimum absolute atomic E-state index is 0.473. The van der Waals surface area contributed by atoms with Gasteiger partial charge in [0, 0.05) is 4.83 Å². The third kappa shape index (κ3) is 2.44. The number of benzene rings is 2. The Kier molecular flexibility index (Phi) is 3.37. The third-order valence-corrected chi connectivity index (χ3v) is 4.29. The minimum Gasteiger partial charge on any atom is -0.457 e. The lowest BCUT2D eigenvalue weighted by Crippen LogP contribution is -2.04. The lowest BCUT2D eigenvalue weighted by atomic mass is 9.91. The van der Waals surface area contributed by atoms with Crippen LogP contribution in [0.3, 0.4) is 0 Å². The van der Waals surface area contributed by atoms with E-state index in [2.05, 4.69) is 34.1 Å². The van der Waals surface area contributed by atoms with E-state index in [1.807, 2.05) is 30.3 Å². The van der Waals surface area contributed by atoms with Gasteiger partial charge < -0.3 is 4.74 Å². The Morgan fingerprint density at radius 2 is 1.83 bits per heavy atom. The molecular weight excluding hydrogens is 288 g/mol. The molecule has 0 spiro atoms. The Morgan fingerprint density at radius 1 is 1.00 bits per heavy atom. The summed E-state index contributed by atoms with van der Waals surface area (Å²) in [5.41, 5.74) is 2.83. The molecule has 18 heavy (non-hydrogen) atoms. The number of para-hydroxylation sites is 1. The second-order valence-corrected chi connectivity index (χ2v) is 5.74. The van der Waals surface area contributed by atoms with Crippen molar-refractivity contribution in [2.24, 2.45) is 0 Å². The van der Waals surface area contributed by atoms with Crippen LogP contribution in [0, 0.1) is 0 Å². The predicted octanol–water partition coefficient (Wildman–Crippen LogP) is 5.25. The van der Waals surface area contributed by atoms with Gasteiger partial charge in [-0.2, -0.15) is 0 Å². The summed E-state index contributed by atoms with van der Waals surface area (Å²) in [6.45, 7) is 0. The summed E-state index contributed by atoms with van der Waals surface area (Å²) in [7, 11) is 0. The normalized spacial score (nSPS) is 18.2.